The first-order valence-electron chi connectivity index (χ1n) is 9.65. The summed E-state index contributed by atoms with van der Waals surface area (Å²) in [5.74, 6) is 1.15. The van der Waals surface area contributed by atoms with Crippen LogP contribution in [-0.4, -0.2) is 38.9 Å². The van der Waals surface area contributed by atoms with Crippen molar-refractivity contribution in [3.63, 3.8) is 0 Å². The number of rotatable bonds is 5. The third-order valence-corrected chi connectivity index (χ3v) is 5.52. The largest absolute Gasteiger partial charge is 0.349 e. The van der Waals surface area contributed by atoms with Crippen molar-refractivity contribution in [3.8, 4) is 0 Å². The number of para-hydroxylation sites is 2. The highest BCUT2D eigenvalue weighted by atomic mass is 16.2. The van der Waals surface area contributed by atoms with Crippen molar-refractivity contribution in [2.75, 3.05) is 6.54 Å². The van der Waals surface area contributed by atoms with Crippen molar-refractivity contribution in [2.45, 2.75) is 58.2 Å². The van der Waals surface area contributed by atoms with Gasteiger partial charge in [0, 0.05) is 18.5 Å². The minimum atomic E-state index is 0.0968. The number of likely N-dealkylation sites (tertiary alicyclic amines) is 1. The van der Waals surface area contributed by atoms with Gasteiger partial charge < -0.3 is 14.8 Å². The second-order valence-electron chi connectivity index (χ2n) is 7.53. The molecule has 1 aromatic carbocycles. The molecule has 6 heteroatoms. The highest BCUT2D eigenvalue weighted by molar-refractivity contribution is 5.82. The molecule has 0 radical (unpaired) electrons. The van der Waals surface area contributed by atoms with E-state index in [1.54, 1.807) is 0 Å². The summed E-state index contributed by atoms with van der Waals surface area (Å²) in [4.78, 5) is 31.6. The summed E-state index contributed by atoms with van der Waals surface area (Å²) in [5, 5.41) is 2.98. The predicted octanol–water partition coefficient (Wildman–Crippen LogP) is 2.46. The van der Waals surface area contributed by atoms with Crippen LogP contribution >= 0.6 is 0 Å². The van der Waals surface area contributed by atoms with Gasteiger partial charge in [0.2, 0.25) is 11.8 Å². The van der Waals surface area contributed by atoms with Crippen LogP contribution in [0.15, 0.2) is 24.3 Å². The van der Waals surface area contributed by atoms with Crippen molar-refractivity contribution in [2.24, 2.45) is 5.92 Å². The van der Waals surface area contributed by atoms with Gasteiger partial charge in [0.1, 0.15) is 12.4 Å². The van der Waals surface area contributed by atoms with Crippen LogP contribution in [0.25, 0.3) is 11.0 Å². The molecule has 0 spiro atoms. The Labute approximate surface area is 153 Å². The zero-order valence-electron chi connectivity index (χ0n) is 15.3. The molecular formula is C20H26N4O2. The molecule has 1 aliphatic heterocycles. The van der Waals surface area contributed by atoms with E-state index in [0.717, 1.165) is 49.1 Å². The van der Waals surface area contributed by atoms with Crippen LogP contribution in [-0.2, 0) is 22.7 Å². The van der Waals surface area contributed by atoms with E-state index in [1.807, 2.05) is 33.7 Å². The van der Waals surface area contributed by atoms with Crippen LogP contribution < -0.4 is 5.32 Å². The lowest BCUT2D eigenvalue weighted by atomic mass is 10.0. The van der Waals surface area contributed by atoms with Gasteiger partial charge >= 0.3 is 0 Å². The Morgan fingerprint density at radius 1 is 1.19 bits per heavy atom. The molecule has 2 fully saturated rings. The first-order chi connectivity index (χ1) is 12.6. The number of imidazole rings is 1. The second kappa shape index (κ2) is 7.09. The van der Waals surface area contributed by atoms with E-state index in [-0.39, 0.29) is 24.3 Å². The van der Waals surface area contributed by atoms with E-state index in [0.29, 0.717) is 12.6 Å². The smallest absolute Gasteiger partial charge is 0.242 e. The first-order valence-corrected chi connectivity index (χ1v) is 9.65. The molecule has 1 aromatic heterocycles. The Hall–Kier alpha value is -2.37. The van der Waals surface area contributed by atoms with Crippen molar-refractivity contribution in [3.05, 3.63) is 30.1 Å². The molecule has 0 bridgehead atoms. The van der Waals surface area contributed by atoms with Crippen molar-refractivity contribution in [1.82, 2.24) is 19.8 Å². The second-order valence-corrected chi connectivity index (χ2v) is 7.53. The number of carbonyl (C=O) groups excluding carboxylic acids is 2. The van der Waals surface area contributed by atoms with Gasteiger partial charge in [0.25, 0.3) is 0 Å². The number of benzene rings is 1. The highest BCUT2D eigenvalue weighted by Gasteiger charge is 2.30. The van der Waals surface area contributed by atoms with Crippen LogP contribution in [0.2, 0.25) is 0 Å². The van der Waals surface area contributed by atoms with Gasteiger partial charge in [0.05, 0.1) is 17.6 Å². The molecule has 1 saturated heterocycles. The maximum Gasteiger partial charge on any atom is 0.242 e. The minimum Gasteiger partial charge on any atom is -0.349 e. The van der Waals surface area contributed by atoms with E-state index in [9.17, 15) is 9.59 Å². The Balaban J connectivity index is 1.56. The quantitative estimate of drug-likeness (QED) is 0.897. The van der Waals surface area contributed by atoms with Crippen molar-refractivity contribution < 1.29 is 9.59 Å². The Kier molecular flexibility index (Phi) is 4.66. The number of piperidine rings is 1. The summed E-state index contributed by atoms with van der Waals surface area (Å²) < 4.78 is 1.96. The molecule has 4 rings (SSSR count). The third kappa shape index (κ3) is 3.45. The molecule has 1 N–H and O–H groups in total. The van der Waals surface area contributed by atoms with Crippen LogP contribution in [0.1, 0.15) is 44.9 Å². The Morgan fingerprint density at radius 2 is 2.00 bits per heavy atom. The van der Waals surface area contributed by atoms with Gasteiger partial charge in [-0.3, -0.25) is 9.59 Å². The van der Waals surface area contributed by atoms with Gasteiger partial charge in [-0.25, -0.2) is 4.98 Å². The number of nitrogens with one attached hydrogen (secondary N) is 1. The van der Waals surface area contributed by atoms with Gasteiger partial charge in [-0.1, -0.05) is 12.1 Å². The van der Waals surface area contributed by atoms with E-state index < -0.39 is 0 Å². The summed E-state index contributed by atoms with van der Waals surface area (Å²) >= 11 is 0. The first kappa shape index (κ1) is 17.1. The number of hydrogen-bond acceptors (Lipinski definition) is 3. The predicted molar refractivity (Wildman–Crippen MR) is 99.3 cm³/mol. The maximum atomic E-state index is 12.9. The molecule has 6 nitrogen and oxygen atoms in total. The van der Waals surface area contributed by atoms with Crippen LogP contribution in [0.4, 0.5) is 0 Å². The lowest BCUT2D eigenvalue weighted by molar-refractivity contribution is -0.135. The molecule has 2 aromatic rings. The summed E-state index contributed by atoms with van der Waals surface area (Å²) in [6.45, 7) is 3.60. The molecule has 1 aliphatic carbocycles. The molecule has 138 valence electrons. The summed E-state index contributed by atoms with van der Waals surface area (Å²) in [7, 11) is 0. The molecule has 2 heterocycles. The topological polar surface area (TPSA) is 67.2 Å². The number of aromatic nitrogens is 2. The molecule has 2 amide bonds. The fourth-order valence-corrected chi connectivity index (χ4v) is 3.79. The number of carbonyl (C=O) groups is 2. The lowest BCUT2D eigenvalue weighted by Crippen LogP contribution is -2.43. The van der Waals surface area contributed by atoms with Gasteiger partial charge in [-0.2, -0.15) is 0 Å². The van der Waals surface area contributed by atoms with Gasteiger partial charge in [0.15, 0.2) is 0 Å². The van der Waals surface area contributed by atoms with Gasteiger partial charge in [-0.05, 0) is 51.2 Å². The zero-order chi connectivity index (χ0) is 18.1. The minimum absolute atomic E-state index is 0.0968. The maximum absolute atomic E-state index is 12.9. The molecule has 1 unspecified atom stereocenters. The number of hydrogen-bond donors (Lipinski definition) is 1. The van der Waals surface area contributed by atoms with Crippen molar-refractivity contribution in [1.29, 1.82) is 0 Å². The van der Waals surface area contributed by atoms with Crippen LogP contribution in [0.5, 0.6) is 0 Å². The third-order valence-electron chi connectivity index (χ3n) is 5.52. The normalized spacial score (nSPS) is 20.3. The fourth-order valence-electron chi connectivity index (χ4n) is 3.79. The van der Waals surface area contributed by atoms with E-state index in [1.165, 1.54) is 6.42 Å². The van der Waals surface area contributed by atoms with E-state index in [4.69, 9.17) is 0 Å². The average molecular weight is 354 g/mol. The van der Waals surface area contributed by atoms with Crippen LogP contribution in [0.3, 0.4) is 0 Å². The summed E-state index contributed by atoms with van der Waals surface area (Å²) in [5.41, 5.74) is 1.81. The highest BCUT2D eigenvalue weighted by Crippen LogP contribution is 2.29. The molecule has 1 atom stereocenters. The molecule has 2 aliphatic rings. The standard InChI is InChI=1S/C20H26N4O2/c1-14-6-4-5-11-23(14)19(25)13-24-17-8-3-2-7-16(17)22-18(24)12-21-20(26)15-9-10-15/h2-3,7-8,14-15H,4-6,9-13H2,1H3,(H,21,26). The zero-order valence-corrected chi connectivity index (χ0v) is 15.3. The summed E-state index contributed by atoms with van der Waals surface area (Å²) in [6.07, 6.45) is 5.30. The fraction of sp³-hybridized carbons (Fsp3) is 0.550. The lowest BCUT2D eigenvalue weighted by Gasteiger charge is -2.33. The van der Waals surface area contributed by atoms with Crippen LogP contribution in [0, 0.1) is 5.92 Å². The number of fused-ring (bicyclic) bond motifs is 1. The molecule has 1 saturated carbocycles. The van der Waals surface area contributed by atoms with E-state index in [2.05, 4.69) is 17.2 Å². The monoisotopic (exact) mass is 354 g/mol. The Bertz CT molecular complexity index is 824. The molecule has 26 heavy (non-hydrogen) atoms. The van der Waals surface area contributed by atoms with E-state index >= 15 is 0 Å². The summed E-state index contributed by atoms with van der Waals surface area (Å²) in [6, 6.07) is 8.14. The number of nitrogens with zero attached hydrogens (tertiary/aromatic N) is 3. The van der Waals surface area contributed by atoms with Gasteiger partial charge in [-0.15, -0.1) is 0 Å². The average Bonchev–Trinajstić information content (AvgIpc) is 3.44. The molecular weight excluding hydrogens is 328 g/mol. The SMILES string of the molecule is CC1CCCCN1C(=O)Cn1c(CNC(=O)C2CC2)nc2ccccc21. The van der Waals surface area contributed by atoms with Crippen molar-refractivity contribution >= 4 is 22.8 Å². The Morgan fingerprint density at radius 3 is 2.77 bits per heavy atom. The number of amides is 2.